The van der Waals surface area contributed by atoms with Crippen molar-refractivity contribution in [2.24, 2.45) is 5.92 Å². The zero-order valence-electron chi connectivity index (χ0n) is 23.5. The molecule has 3 atom stereocenters. The van der Waals surface area contributed by atoms with E-state index < -0.39 is 12.0 Å². The van der Waals surface area contributed by atoms with Gasteiger partial charge in [-0.25, -0.2) is 4.39 Å². The van der Waals surface area contributed by atoms with Crippen molar-refractivity contribution < 1.29 is 19.0 Å². The second-order valence-electron chi connectivity index (χ2n) is 11.4. The van der Waals surface area contributed by atoms with Crippen LogP contribution in [-0.4, -0.2) is 59.4 Å². The average molecular weight is 556 g/mol. The fourth-order valence-electron chi connectivity index (χ4n) is 6.36. The number of hydrogen-bond donors (Lipinski definition) is 2. The largest absolute Gasteiger partial charge is 0.391 e. The van der Waals surface area contributed by atoms with E-state index in [-0.39, 0.29) is 23.7 Å². The van der Waals surface area contributed by atoms with Gasteiger partial charge in [0, 0.05) is 56.5 Å². The highest BCUT2D eigenvalue weighted by molar-refractivity contribution is 5.83. The molecule has 1 aliphatic heterocycles. The molecule has 0 bridgehead atoms. The number of methoxy groups -OCH3 is 1. The maximum Gasteiger partial charge on any atom is 0.228 e. The Morgan fingerprint density at radius 1 is 1.02 bits per heavy atom. The van der Waals surface area contributed by atoms with Crippen LogP contribution in [0.2, 0.25) is 0 Å². The Kier molecular flexibility index (Phi) is 8.19. The van der Waals surface area contributed by atoms with Crippen molar-refractivity contribution in [3.63, 3.8) is 0 Å². The lowest BCUT2D eigenvalue weighted by Gasteiger charge is -2.38. The van der Waals surface area contributed by atoms with Gasteiger partial charge < -0.3 is 24.6 Å². The number of halogens is 1. The molecule has 7 heteroatoms. The number of carbonyl (C=O) groups excluding carboxylic acids is 1. The second kappa shape index (κ2) is 12.1. The molecule has 1 saturated heterocycles. The first-order valence-corrected chi connectivity index (χ1v) is 14.6. The van der Waals surface area contributed by atoms with Crippen LogP contribution in [-0.2, 0) is 22.6 Å². The molecule has 214 valence electrons. The third-order valence-electron chi connectivity index (χ3n) is 8.56. The number of ether oxygens (including phenoxy) is 1. The molecular weight excluding hydrogens is 517 g/mol. The van der Waals surface area contributed by atoms with Crippen LogP contribution in [0.5, 0.6) is 0 Å². The summed E-state index contributed by atoms with van der Waals surface area (Å²) in [5.41, 5.74) is 5.08. The average Bonchev–Trinajstić information content (AvgIpc) is 3.78. The van der Waals surface area contributed by atoms with Crippen molar-refractivity contribution in [3.05, 3.63) is 95.9 Å². The molecule has 1 aliphatic carbocycles. The van der Waals surface area contributed by atoms with E-state index in [0.717, 1.165) is 48.2 Å². The Morgan fingerprint density at radius 2 is 1.83 bits per heavy atom. The normalized spacial score (nSPS) is 20.8. The topological polar surface area (TPSA) is 66.7 Å². The standard InChI is InChI=1S/C34H38FN3O3/c1-41-17-5-16-37-29(19-25-6-2-3-9-31(25)37)22-38(28-14-15-28)34(40)30-20-36-21-32(39)33(30)26-8-4-7-24(18-26)23-10-12-27(35)13-11-23/h2-4,6-13,18-19,28,30,32-33,36,39H,5,14-17,20-22H2,1H3/t30-,32+,33+/m0/s1. The lowest BCUT2D eigenvalue weighted by molar-refractivity contribution is -0.139. The Bertz CT molecular complexity index is 1500. The van der Waals surface area contributed by atoms with E-state index >= 15 is 0 Å². The van der Waals surface area contributed by atoms with Crippen molar-refractivity contribution in [1.29, 1.82) is 0 Å². The van der Waals surface area contributed by atoms with Gasteiger partial charge >= 0.3 is 0 Å². The van der Waals surface area contributed by atoms with E-state index in [1.807, 2.05) is 24.3 Å². The van der Waals surface area contributed by atoms with Crippen LogP contribution in [0.25, 0.3) is 22.0 Å². The molecular formula is C34H38FN3O3. The Labute approximate surface area is 240 Å². The van der Waals surface area contributed by atoms with Crippen LogP contribution >= 0.6 is 0 Å². The Balaban J connectivity index is 1.30. The fraction of sp³-hybridized carbons (Fsp3) is 0.382. The summed E-state index contributed by atoms with van der Waals surface area (Å²) >= 11 is 0. The number of aryl methyl sites for hydroxylation is 1. The molecule has 2 N–H and O–H groups in total. The number of hydrogen-bond acceptors (Lipinski definition) is 4. The molecule has 0 radical (unpaired) electrons. The van der Waals surface area contributed by atoms with Gasteiger partial charge in [0.1, 0.15) is 5.82 Å². The molecule has 2 aliphatic rings. The SMILES string of the molecule is COCCCn1c(CN(C(=O)[C@H]2CNC[C@@H](O)[C@@H]2c2cccc(-c3ccc(F)cc3)c2)C2CC2)cc2ccccc21. The van der Waals surface area contributed by atoms with Gasteiger partial charge in [0.25, 0.3) is 0 Å². The molecule has 41 heavy (non-hydrogen) atoms. The summed E-state index contributed by atoms with van der Waals surface area (Å²) in [6.07, 6.45) is 2.21. The van der Waals surface area contributed by atoms with Gasteiger partial charge in [-0.05, 0) is 65.6 Å². The summed E-state index contributed by atoms with van der Waals surface area (Å²) in [4.78, 5) is 16.5. The summed E-state index contributed by atoms with van der Waals surface area (Å²) in [5, 5.41) is 15.7. The van der Waals surface area contributed by atoms with Gasteiger partial charge in [0.15, 0.2) is 0 Å². The van der Waals surface area contributed by atoms with Gasteiger partial charge in [0.2, 0.25) is 5.91 Å². The third-order valence-corrected chi connectivity index (χ3v) is 8.56. The van der Waals surface area contributed by atoms with E-state index in [2.05, 4.69) is 45.1 Å². The molecule has 0 unspecified atom stereocenters. The summed E-state index contributed by atoms with van der Waals surface area (Å²) in [5.74, 6) is -0.918. The van der Waals surface area contributed by atoms with E-state index in [0.29, 0.717) is 26.2 Å². The first-order valence-electron chi connectivity index (χ1n) is 14.6. The molecule has 2 heterocycles. The number of fused-ring (bicyclic) bond motifs is 1. The predicted molar refractivity (Wildman–Crippen MR) is 159 cm³/mol. The van der Waals surface area contributed by atoms with Crippen molar-refractivity contribution >= 4 is 16.8 Å². The number of aliphatic hydroxyl groups is 1. The number of aliphatic hydroxyl groups excluding tert-OH is 1. The van der Waals surface area contributed by atoms with Gasteiger partial charge in [-0.1, -0.05) is 54.6 Å². The van der Waals surface area contributed by atoms with E-state index in [1.165, 1.54) is 23.0 Å². The first kappa shape index (κ1) is 27.6. The van der Waals surface area contributed by atoms with Crippen LogP contribution in [0.3, 0.4) is 0 Å². The van der Waals surface area contributed by atoms with Gasteiger partial charge in [0.05, 0.1) is 18.6 Å². The molecule has 0 spiro atoms. The summed E-state index contributed by atoms with van der Waals surface area (Å²) in [6, 6.07) is 25.2. The van der Waals surface area contributed by atoms with Crippen molar-refractivity contribution in [2.45, 2.75) is 50.4 Å². The summed E-state index contributed by atoms with van der Waals surface area (Å²) in [7, 11) is 1.72. The smallest absolute Gasteiger partial charge is 0.228 e. The number of para-hydroxylation sites is 1. The van der Waals surface area contributed by atoms with Crippen LogP contribution in [0.15, 0.2) is 78.9 Å². The summed E-state index contributed by atoms with van der Waals surface area (Å²) < 4.78 is 21.2. The van der Waals surface area contributed by atoms with Crippen molar-refractivity contribution in [1.82, 2.24) is 14.8 Å². The number of nitrogens with zero attached hydrogens (tertiary/aromatic N) is 2. The van der Waals surface area contributed by atoms with Crippen LogP contribution in [0.4, 0.5) is 4.39 Å². The number of amides is 1. The minimum absolute atomic E-state index is 0.0876. The highest BCUT2D eigenvalue weighted by Gasteiger charge is 2.43. The number of benzene rings is 3. The quantitative estimate of drug-likeness (QED) is 0.259. The number of piperidine rings is 1. The highest BCUT2D eigenvalue weighted by atomic mass is 19.1. The monoisotopic (exact) mass is 555 g/mol. The zero-order chi connectivity index (χ0) is 28.3. The minimum atomic E-state index is -0.692. The number of aromatic nitrogens is 1. The molecule has 6 nitrogen and oxygen atoms in total. The van der Waals surface area contributed by atoms with Gasteiger partial charge in [-0.2, -0.15) is 0 Å². The van der Waals surface area contributed by atoms with Crippen LogP contribution in [0.1, 0.15) is 36.4 Å². The lowest BCUT2D eigenvalue weighted by atomic mass is 9.77. The molecule has 2 fully saturated rings. The zero-order valence-corrected chi connectivity index (χ0v) is 23.5. The number of rotatable bonds is 10. The summed E-state index contributed by atoms with van der Waals surface area (Å²) in [6.45, 7) is 3.00. The number of nitrogens with one attached hydrogen (secondary N) is 1. The van der Waals surface area contributed by atoms with Gasteiger partial charge in [-0.3, -0.25) is 4.79 Å². The Morgan fingerprint density at radius 3 is 2.61 bits per heavy atom. The molecule has 3 aromatic carbocycles. The molecule has 1 saturated carbocycles. The van der Waals surface area contributed by atoms with Crippen LogP contribution < -0.4 is 5.32 Å². The molecule has 6 rings (SSSR count). The molecule has 1 aromatic heterocycles. The predicted octanol–water partition coefficient (Wildman–Crippen LogP) is 5.34. The number of carbonyl (C=O) groups is 1. The van der Waals surface area contributed by atoms with Crippen molar-refractivity contribution in [3.8, 4) is 11.1 Å². The second-order valence-corrected chi connectivity index (χ2v) is 11.4. The molecule has 4 aromatic rings. The van der Waals surface area contributed by atoms with E-state index in [1.54, 1.807) is 19.2 Å². The molecule has 1 amide bonds. The number of β-amino-alcohol motifs (C(OH)–C–C–N with tert-alkyl or cyclic N) is 1. The van der Waals surface area contributed by atoms with E-state index in [9.17, 15) is 14.3 Å². The maximum absolute atomic E-state index is 14.4. The van der Waals surface area contributed by atoms with Crippen LogP contribution in [0, 0.1) is 11.7 Å². The first-order chi connectivity index (χ1) is 20.0. The Hall–Kier alpha value is -3.52. The lowest BCUT2D eigenvalue weighted by Crippen LogP contribution is -2.52. The highest BCUT2D eigenvalue weighted by Crippen LogP contribution is 2.38. The maximum atomic E-state index is 14.4. The third kappa shape index (κ3) is 5.94. The minimum Gasteiger partial charge on any atom is -0.391 e. The van der Waals surface area contributed by atoms with Crippen molar-refractivity contribution in [2.75, 3.05) is 26.8 Å². The fourth-order valence-corrected chi connectivity index (χ4v) is 6.36. The van der Waals surface area contributed by atoms with Gasteiger partial charge in [-0.15, -0.1) is 0 Å². The van der Waals surface area contributed by atoms with E-state index in [4.69, 9.17) is 4.74 Å².